The zero-order chi connectivity index (χ0) is 21.3. The molecule has 160 valence electrons. The molecule has 0 bridgehead atoms. The third-order valence-electron chi connectivity index (χ3n) is 5.02. The number of carbonyl (C=O) groups is 2. The standard InChI is InChI=1S/C22H29N5O3/c1-17-3-5-19(6-4-17)25-21(28)7-8-27(10-9-26-11-13-30-14-12-26)22(29)20-16-23-18(2)15-24-20/h3-6,15-16H,7-14H2,1-2H3,(H,25,28). The molecular formula is C22H29N5O3. The van der Waals surface area contributed by atoms with Crippen LogP contribution in [0.3, 0.4) is 0 Å². The van der Waals surface area contributed by atoms with E-state index in [2.05, 4.69) is 20.2 Å². The van der Waals surface area contributed by atoms with Crippen molar-refractivity contribution in [1.29, 1.82) is 0 Å². The highest BCUT2D eigenvalue weighted by Gasteiger charge is 2.20. The molecule has 8 heteroatoms. The molecule has 1 aliphatic heterocycles. The summed E-state index contributed by atoms with van der Waals surface area (Å²) in [6, 6.07) is 7.64. The summed E-state index contributed by atoms with van der Waals surface area (Å²) in [5.41, 5.74) is 2.93. The van der Waals surface area contributed by atoms with Gasteiger partial charge < -0.3 is 15.0 Å². The molecule has 0 aliphatic carbocycles. The maximum Gasteiger partial charge on any atom is 0.274 e. The quantitative estimate of drug-likeness (QED) is 0.714. The second-order valence-electron chi connectivity index (χ2n) is 7.45. The molecule has 1 N–H and O–H groups in total. The van der Waals surface area contributed by atoms with Gasteiger partial charge in [-0.15, -0.1) is 0 Å². The summed E-state index contributed by atoms with van der Waals surface area (Å²) in [6.45, 7) is 8.49. The molecule has 2 aromatic rings. The molecule has 1 aliphatic rings. The highest BCUT2D eigenvalue weighted by Crippen LogP contribution is 2.10. The lowest BCUT2D eigenvalue weighted by molar-refractivity contribution is -0.116. The SMILES string of the molecule is Cc1ccc(NC(=O)CCN(CCN2CCOCC2)C(=O)c2cnc(C)cn2)cc1. The van der Waals surface area contributed by atoms with Crippen LogP contribution in [0.4, 0.5) is 5.69 Å². The van der Waals surface area contributed by atoms with Crippen LogP contribution in [0.25, 0.3) is 0 Å². The first-order valence-corrected chi connectivity index (χ1v) is 10.3. The van der Waals surface area contributed by atoms with E-state index in [-0.39, 0.29) is 18.2 Å². The van der Waals surface area contributed by atoms with Crippen LogP contribution in [0.1, 0.15) is 28.2 Å². The summed E-state index contributed by atoms with van der Waals surface area (Å²) >= 11 is 0. The highest BCUT2D eigenvalue weighted by atomic mass is 16.5. The van der Waals surface area contributed by atoms with Crippen LogP contribution in [-0.2, 0) is 9.53 Å². The third-order valence-corrected chi connectivity index (χ3v) is 5.02. The molecule has 1 aromatic heterocycles. The van der Waals surface area contributed by atoms with Crippen LogP contribution < -0.4 is 5.32 Å². The van der Waals surface area contributed by atoms with Crippen molar-refractivity contribution in [2.75, 3.05) is 51.3 Å². The van der Waals surface area contributed by atoms with E-state index in [0.29, 0.717) is 32.0 Å². The van der Waals surface area contributed by atoms with Crippen molar-refractivity contribution in [2.24, 2.45) is 0 Å². The lowest BCUT2D eigenvalue weighted by Gasteiger charge is -2.30. The fraction of sp³-hybridized carbons (Fsp3) is 0.455. The average Bonchev–Trinajstić information content (AvgIpc) is 2.76. The Kier molecular flexibility index (Phi) is 7.87. The number of nitrogens with one attached hydrogen (secondary N) is 1. The van der Waals surface area contributed by atoms with E-state index in [9.17, 15) is 9.59 Å². The van der Waals surface area contributed by atoms with Crippen LogP contribution in [0.15, 0.2) is 36.7 Å². The van der Waals surface area contributed by atoms with Gasteiger partial charge in [0.15, 0.2) is 0 Å². The third kappa shape index (κ3) is 6.60. The van der Waals surface area contributed by atoms with Gasteiger partial charge in [-0.3, -0.25) is 19.5 Å². The van der Waals surface area contributed by atoms with Crippen molar-refractivity contribution in [3.8, 4) is 0 Å². The van der Waals surface area contributed by atoms with Gasteiger partial charge >= 0.3 is 0 Å². The zero-order valence-corrected chi connectivity index (χ0v) is 17.6. The number of amides is 2. The Balaban J connectivity index is 1.60. The van der Waals surface area contributed by atoms with Gasteiger partial charge in [-0.1, -0.05) is 17.7 Å². The maximum atomic E-state index is 13.0. The van der Waals surface area contributed by atoms with E-state index < -0.39 is 0 Å². The van der Waals surface area contributed by atoms with Gasteiger partial charge in [0, 0.05) is 51.0 Å². The van der Waals surface area contributed by atoms with E-state index in [1.165, 1.54) is 6.20 Å². The largest absolute Gasteiger partial charge is 0.379 e. The predicted octanol–water partition coefficient (Wildman–Crippen LogP) is 1.90. The number of aromatic nitrogens is 2. The fourth-order valence-electron chi connectivity index (χ4n) is 3.16. The number of anilines is 1. The van der Waals surface area contributed by atoms with Crippen molar-refractivity contribution >= 4 is 17.5 Å². The minimum Gasteiger partial charge on any atom is -0.379 e. The number of benzene rings is 1. The van der Waals surface area contributed by atoms with Crippen molar-refractivity contribution in [3.05, 3.63) is 53.6 Å². The molecule has 0 unspecified atom stereocenters. The molecule has 0 atom stereocenters. The van der Waals surface area contributed by atoms with Gasteiger partial charge in [-0.2, -0.15) is 0 Å². The van der Waals surface area contributed by atoms with E-state index in [0.717, 1.165) is 36.6 Å². The molecular weight excluding hydrogens is 382 g/mol. The molecule has 0 spiro atoms. The predicted molar refractivity (Wildman–Crippen MR) is 114 cm³/mol. The van der Waals surface area contributed by atoms with Crippen LogP contribution in [-0.4, -0.2) is 77.5 Å². The second kappa shape index (κ2) is 10.8. The van der Waals surface area contributed by atoms with Crippen molar-refractivity contribution < 1.29 is 14.3 Å². The van der Waals surface area contributed by atoms with Crippen LogP contribution in [0, 0.1) is 13.8 Å². The van der Waals surface area contributed by atoms with Crippen molar-refractivity contribution in [3.63, 3.8) is 0 Å². The number of hydrogen-bond acceptors (Lipinski definition) is 6. The Bertz CT molecular complexity index is 833. The Labute approximate surface area is 177 Å². The smallest absolute Gasteiger partial charge is 0.274 e. The monoisotopic (exact) mass is 411 g/mol. The fourth-order valence-corrected chi connectivity index (χ4v) is 3.16. The average molecular weight is 412 g/mol. The van der Waals surface area contributed by atoms with Gasteiger partial charge in [-0.05, 0) is 26.0 Å². The lowest BCUT2D eigenvalue weighted by Crippen LogP contribution is -2.44. The van der Waals surface area contributed by atoms with E-state index >= 15 is 0 Å². The van der Waals surface area contributed by atoms with E-state index in [1.54, 1.807) is 11.1 Å². The summed E-state index contributed by atoms with van der Waals surface area (Å²) in [5.74, 6) is -0.336. The van der Waals surface area contributed by atoms with E-state index in [1.807, 2.05) is 38.1 Å². The molecule has 0 saturated carbocycles. The van der Waals surface area contributed by atoms with Gasteiger partial charge in [-0.25, -0.2) is 4.98 Å². The summed E-state index contributed by atoms with van der Waals surface area (Å²) in [5, 5.41) is 2.88. The summed E-state index contributed by atoms with van der Waals surface area (Å²) in [6.07, 6.45) is 3.28. The first kappa shape index (κ1) is 21.9. The number of hydrogen-bond donors (Lipinski definition) is 1. The minimum absolute atomic E-state index is 0.127. The first-order chi connectivity index (χ1) is 14.5. The normalized spacial score (nSPS) is 14.3. The zero-order valence-electron chi connectivity index (χ0n) is 17.6. The number of morpholine rings is 1. The Hall–Kier alpha value is -2.84. The number of aryl methyl sites for hydroxylation is 2. The van der Waals surface area contributed by atoms with Gasteiger partial charge in [0.1, 0.15) is 5.69 Å². The Morgan fingerprint density at radius 1 is 1.07 bits per heavy atom. The second-order valence-corrected chi connectivity index (χ2v) is 7.45. The molecule has 1 saturated heterocycles. The van der Waals surface area contributed by atoms with Gasteiger partial charge in [0.05, 0.1) is 25.1 Å². The topological polar surface area (TPSA) is 87.7 Å². The summed E-state index contributed by atoms with van der Waals surface area (Å²) < 4.78 is 5.38. The van der Waals surface area contributed by atoms with Gasteiger partial charge in [0.25, 0.3) is 5.91 Å². The van der Waals surface area contributed by atoms with Gasteiger partial charge in [0.2, 0.25) is 5.91 Å². The number of nitrogens with zero attached hydrogens (tertiary/aromatic N) is 4. The molecule has 2 heterocycles. The number of rotatable bonds is 8. The lowest BCUT2D eigenvalue weighted by atomic mass is 10.2. The molecule has 2 amide bonds. The highest BCUT2D eigenvalue weighted by molar-refractivity contribution is 5.93. The summed E-state index contributed by atoms with van der Waals surface area (Å²) in [4.78, 5) is 37.7. The summed E-state index contributed by atoms with van der Waals surface area (Å²) in [7, 11) is 0. The van der Waals surface area contributed by atoms with Crippen LogP contribution >= 0.6 is 0 Å². The van der Waals surface area contributed by atoms with Crippen LogP contribution in [0.5, 0.6) is 0 Å². The first-order valence-electron chi connectivity index (χ1n) is 10.3. The number of ether oxygens (including phenoxy) is 1. The van der Waals surface area contributed by atoms with Crippen LogP contribution in [0.2, 0.25) is 0 Å². The van der Waals surface area contributed by atoms with Crippen molar-refractivity contribution in [1.82, 2.24) is 19.8 Å². The number of carbonyl (C=O) groups excluding carboxylic acids is 2. The maximum absolute atomic E-state index is 13.0. The van der Waals surface area contributed by atoms with Crippen molar-refractivity contribution in [2.45, 2.75) is 20.3 Å². The molecule has 0 radical (unpaired) electrons. The molecule has 1 aromatic carbocycles. The Morgan fingerprint density at radius 3 is 2.47 bits per heavy atom. The minimum atomic E-state index is -0.209. The molecule has 8 nitrogen and oxygen atoms in total. The molecule has 1 fully saturated rings. The molecule has 30 heavy (non-hydrogen) atoms. The Morgan fingerprint density at radius 2 is 1.80 bits per heavy atom. The van der Waals surface area contributed by atoms with E-state index in [4.69, 9.17) is 4.74 Å². The molecule has 3 rings (SSSR count).